The molecule has 0 bridgehead atoms. The number of carbonyl (C=O) groups excluding carboxylic acids is 3. The van der Waals surface area contributed by atoms with Crippen molar-refractivity contribution in [3.05, 3.63) is 112 Å². The van der Waals surface area contributed by atoms with Gasteiger partial charge in [-0.2, -0.15) is 0 Å². The molecule has 0 spiro atoms. The summed E-state index contributed by atoms with van der Waals surface area (Å²) in [5.41, 5.74) is 2.46. The number of imide groups is 1. The Labute approximate surface area is 217 Å². The van der Waals surface area contributed by atoms with Gasteiger partial charge in [0.15, 0.2) is 0 Å². The molecule has 0 fully saturated rings. The Kier molecular flexibility index (Phi) is 6.22. The number of carbonyl (C=O) groups is 3. The minimum atomic E-state index is -0.653. The first-order valence-corrected chi connectivity index (χ1v) is 11.8. The molecule has 1 heterocycles. The van der Waals surface area contributed by atoms with Crippen molar-refractivity contribution >= 4 is 68.8 Å². The molecule has 0 unspecified atom stereocenters. The van der Waals surface area contributed by atoms with Crippen LogP contribution in [0.4, 0.5) is 17.1 Å². The van der Waals surface area contributed by atoms with Gasteiger partial charge in [0.25, 0.3) is 17.7 Å². The van der Waals surface area contributed by atoms with Gasteiger partial charge in [-0.15, -0.1) is 0 Å². The average molecular weight is 516 g/mol. The highest BCUT2D eigenvalue weighted by atomic mass is 35.5. The van der Waals surface area contributed by atoms with Crippen LogP contribution in [0.1, 0.15) is 15.9 Å². The summed E-state index contributed by atoms with van der Waals surface area (Å²) in [6.07, 6.45) is 0. The van der Waals surface area contributed by atoms with E-state index in [4.69, 9.17) is 23.2 Å². The van der Waals surface area contributed by atoms with Gasteiger partial charge in [0.2, 0.25) is 0 Å². The van der Waals surface area contributed by atoms with Crippen molar-refractivity contribution < 1.29 is 14.4 Å². The molecule has 3 amide bonds. The Bertz CT molecular complexity index is 1590. The molecule has 36 heavy (non-hydrogen) atoms. The van der Waals surface area contributed by atoms with Crippen LogP contribution in [0.25, 0.3) is 10.8 Å². The van der Waals surface area contributed by atoms with Gasteiger partial charge >= 0.3 is 0 Å². The first-order chi connectivity index (χ1) is 17.3. The number of rotatable bonds is 5. The minimum absolute atomic E-state index is 0.0762. The number of nitrogens with one attached hydrogen (secondary N) is 2. The van der Waals surface area contributed by atoms with Crippen LogP contribution in [-0.4, -0.2) is 17.7 Å². The Morgan fingerprint density at radius 2 is 1.58 bits per heavy atom. The molecular formula is C28H19Cl2N3O3. The number of aryl methyl sites for hydroxylation is 1. The van der Waals surface area contributed by atoms with E-state index in [-0.39, 0.29) is 16.6 Å². The van der Waals surface area contributed by atoms with E-state index in [9.17, 15) is 14.4 Å². The number of benzene rings is 4. The highest BCUT2D eigenvalue weighted by molar-refractivity contribution is 6.53. The summed E-state index contributed by atoms with van der Waals surface area (Å²) in [6.45, 7) is 1.77. The lowest BCUT2D eigenvalue weighted by molar-refractivity contribution is -0.120. The molecule has 2 N–H and O–H groups in total. The van der Waals surface area contributed by atoms with E-state index in [1.165, 1.54) is 6.07 Å². The van der Waals surface area contributed by atoms with Crippen LogP contribution in [0.15, 0.2) is 95.7 Å². The number of anilines is 3. The first-order valence-electron chi connectivity index (χ1n) is 11.0. The molecule has 6 nitrogen and oxygen atoms in total. The van der Waals surface area contributed by atoms with Gasteiger partial charge in [0.05, 0.1) is 5.69 Å². The fraction of sp³-hybridized carbons (Fsp3) is 0.0357. The summed E-state index contributed by atoms with van der Waals surface area (Å²) in [4.78, 5) is 40.0. The highest BCUT2D eigenvalue weighted by Gasteiger charge is 2.39. The Morgan fingerprint density at radius 1 is 0.833 bits per heavy atom. The molecular weight excluding hydrogens is 497 g/mol. The summed E-state index contributed by atoms with van der Waals surface area (Å²) in [7, 11) is 0. The van der Waals surface area contributed by atoms with Gasteiger partial charge in [0.1, 0.15) is 10.7 Å². The lowest BCUT2D eigenvalue weighted by Crippen LogP contribution is -2.32. The van der Waals surface area contributed by atoms with Gasteiger partial charge in [-0.05, 0) is 54.3 Å². The molecule has 1 aliphatic heterocycles. The molecule has 0 saturated heterocycles. The third kappa shape index (κ3) is 4.33. The van der Waals surface area contributed by atoms with Crippen molar-refractivity contribution in [2.45, 2.75) is 6.92 Å². The predicted molar refractivity (Wildman–Crippen MR) is 144 cm³/mol. The third-order valence-electron chi connectivity index (χ3n) is 5.87. The Hall–Kier alpha value is -4.13. The Balaban J connectivity index is 1.39. The smallest absolute Gasteiger partial charge is 0.283 e. The molecule has 5 rings (SSSR count). The molecule has 0 radical (unpaired) electrons. The van der Waals surface area contributed by atoms with Gasteiger partial charge in [-0.1, -0.05) is 71.7 Å². The number of fused-ring (bicyclic) bond motifs is 1. The SMILES string of the molecule is Cc1ccc(Cl)cc1N1C(=O)C(Cl)=C(Nc2cccc(C(=O)Nc3cccc4ccccc34)c2)C1=O. The monoisotopic (exact) mass is 515 g/mol. The summed E-state index contributed by atoms with van der Waals surface area (Å²) in [6, 6.07) is 25.0. The van der Waals surface area contributed by atoms with Crippen LogP contribution in [-0.2, 0) is 9.59 Å². The highest BCUT2D eigenvalue weighted by Crippen LogP contribution is 2.33. The van der Waals surface area contributed by atoms with Crippen LogP contribution >= 0.6 is 23.2 Å². The zero-order valence-electron chi connectivity index (χ0n) is 19.0. The average Bonchev–Trinajstić information content (AvgIpc) is 3.09. The van der Waals surface area contributed by atoms with Crippen molar-refractivity contribution in [3.63, 3.8) is 0 Å². The zero-order valence-corrected chi connectivity index (χ0v) is 20.5. The first kappa shape index (κ1) is 23.6. The lowest BCUT2D eigenvalue weighted by Gasteiger charge is -2.18. The number of hydrogen-bond acceptors (Lipinski definition) is 4. The van der Waals surface area contributed by atoms with Crippen LogP contribution in [0, 0.1) is 6.92 Å². The summed E-state index contributed by atoms with van der Waals surface area (Å²) >= 11 is 12.3. The van der Waals surface area contributed by atoms with Gasteiger partial charge in [0, 0.05) is 27.3 Å². The zero-order chi connectivity index (χ0) is 25.4. The molecule has 0 atom stereocenters. The quantitative estimate of drug-likeness (QED) is 0.297. The maximum atomic E-state index is 13.2. The predicted octanol–water partition coefficient (Wildman–Crippen LogP) is 6.49. The van der Waals surface area contributed by atoms with Gasteiger partial charge < -0.3 is 10.6 Å². The number of nitrogens with zero attached hydrogens (tertiary/aromatic N) is 1. The van der Waals surface area contributed by atoms with E-state index in [1.54, 1.807) is 43.3 Å². The van der Waals surface area contributed by atoms with Crippen LogP contribution in [0.3, 0.4) is 0 Å². The van der Waals surface area contributed by atoms with Crippen molar-refractivity contribution in [1.29, 1.82) is 0 Å². The Morgan fingerprint density at radius 3 is 2.42 bits per heavy atom. The molecule has 0 aromatic heterocycles. The van der Waals surface area contributed by atoms with E-state index in [1.807, 2.05) is 42.5 Å². The van der Waals surface area contributed by atoms with Crippen LogP contribution in [0.2, 0.25) is 5.02 Å². The van der Waals surface area contributed by atoms with Gasteiger partial charge in [-0.25, -0.2) is 4.90 Å². The minimum Gasteiger partial charge on any atom is -0.350 e. The van der Waals surface area contributed by atoms with Crippen molar-refractivity contribution in [3.8, 4) is 0 Å². The van der Waals surface area contributed by atoms with Crippen molar-refractivity contribution in [2.24, 2.45) is 0 Å². The topological polar surface area (TPSA) is 78.5 Å². The molecule has 8 heteroatoms. The largest absolute Gasteiger partial charge is 0.350 e. The second-order valence-electron chi connectivity index (χ2n) is 8.25. The summed E-state index contributed by atoms with van der Waals surface area (Å²) in [5.74, 6) is -1.58. The van der Waals surface area contributed by atoms with Crippen molar-refractivity contribution in [1.82, 2.24) is 0 Å². The van der Waals surface area contributed by atoms with Crippen LogP contribution in [0.5, 0.6) is 0 Å². The summed E-state index contributed by atoms with van der Waals surface area (Å²) < 4.78 is 0. The fourth-order valence-electron chi connectivity index (χ4n) is 4.07. The maximum Gasteiger partial charge on any atom is 0.283 e. The fourth-order valence-corrected chi connectivity index (χ4v) is 4.44. The molecule has 4 aromatic rings. The van der Waals surface area contributed by atoms with E-state index >= 15 is 0 Å². The number of amides is 3. The molecule has 0 aliphatic carbocycles. The maximum absolute atomic E-state index is 13.2. The van der Waals surface area contributed by atoms with Crippen LogP contribution < -0.4 is 15.5 Å². The molecule has 0 saturated carbocycles. The molecule has 178 valence electrons. The number of halogens is 2. The van der Waals surface area contributed by atoms with E-state index in [0.29, 0.717) is 33.2 Å². The normalized spacial score (nSPS) is 13.5. The van der Waals surface area contributed by atoms with E-state index in [2.05, 4.69) is 10.6 Å². The lowest BCUT2D eigenvalue weighted by atomic mass is 10.1. The van der Waals surface area contributed by atoms with E-state index in [0.717, 1.165) is 15.7 Å². The van der Waals surface area contributed by atoms with Gasteiger partial charge in [-0.3, -0.25) is 14.4 Å². The summed E-state index contributed by atoms with van der Waals surface area (Å²) in [5, 5.41) is 7.93. The number of hydrogen-bond donors (Lipinski definition) is 2. The second kappa shape index (κ2) is 9.49. The van der Waals surface area contributed by atoms with E-state index < -0.39 is 11.8 Å². The molecule has 1 aliphatic rings. The van der Waals surface area contributed by atoms with Crippen molar-refractivity contribution in [2.75, 3.05) is 15.5 Å². The third-order valence-corrected chi connectivity index (χ3v) is 6.46. The molecule has 4 aromatic carbocycles. The standard InChI is InChI=1S/C28H19Cl2N3O3/c1-16-12-13-19(29)15-23(16)33-27(35)24(30)25(28(33)36)31-20-9-4-8-18(14-20)26(34)32-22-11-5-7-17-6-2-3-10-21(17)22/h2-15,31H,1H3,(H,32,34). The second-order valence-corrected chi connectivity index (χ2v) is 9.07.